The van der Waals surface area contributed by atoms with E-state index in [9.17, 15) is 0 Å². The molecule has 88 valence electrons. The zero-order chi connectivity index (χ0) is 12.2. The minimum absolute atomic E-state index is 0.599. The smallest absolute Gasteiger partial charge is 0.183 e. The van der Waals surface area contributed by atoms with E-state index in [4.69, 9.17) is 0 Å². The second-order valence-corrected chi connectivity index (χ2v) is 4.15. The van der Waals surface area contributed by atoms with Crippen molar-refractivity contribution < 1.29 is 0 Å². The van der Waals surface area contributed by atoms with Crippen LogP contribution in [0.15, 0.2) is 57.4 Å². The zero-order valence-electron chi connectivity index (χ0n) is 9.19. The van der Waals surface area contributed by atoms with Gasteiger partial charge in [-0.2, -0.15) is 5.10 Å². The number of hydrogen-bond acceptors (Lipinski definition) is 6. The van der Waals surface area contributed by atoms with Crippen molar-refractivity contribution in [3.8, 4) is 0 Å². The molecule has 0 aliphatic carbocycles. The van der Waals surface area contributed by atoms with Crippen LogP contribution in [0.1, 0.15) is 0 Å². The van der Waals surface area contributed by atoms with Gasteiger partial charge in [-0.15, -0.1) is 9.63 Å². The van der Waals surface area contributed by atoms with E-state index in [1.54, 1.807) is 12.4 Å². The summed E-state index contributed by atoms with van der Waals surface area (Å²) in [5.74, 6) is 0.599. The maximum absolute atomic E-state index is 4.13. The maximum atomic E-state index is 4.13. The summed E-state index contributed by atoms with van der Waals surface area (Å²) in [7, 11) is 0. The van der Waals surface area contributed by atoms with Crippen LogP contribution in [-0.4, -0.2) is 20.2 Å². The fourth-order valence-electron chi connectivity index (χ4n) is 1.42. The Morgan fingerprint density at radius 3 is 2.89 bits per heavy atom. The van der Waals surface area contributed by atoms with Crippen molar-refractivity contribution in [1.82, 2.24) is 20.2 Å². The minimum Gasteiger partial charge on any atom is -0.257 e. The van der Waals surface area contributed by atoms with Crippen LogP contribution in [0.2, 0.25) is 0 Å². The lowest BCUT2D eigenvalue weighted by molar-refractivity contribution is 1.07. The molecule has 0 saturated carbocycles. The first-order chi connectivity index (χ1) is 8.93. The van der Waals surface area contributed by atoms with Gasteiger partial charge in [0.1, 0.15) is 5.03 Å². The summed E-state index contributed by atoms with van der Waals surface area (Å²) in [6, 6.07) is 9.36. The number of H-pyrrole nitrogens is 1. The summed E-state index contributed by atoms with van der Waals surface area (Å²) in [5, 5.41) is 12.5. The third kappa shape index (κ3) is 2.21. The van der Waals surface area contributed by atoms with Crippen molar-refractivity contribution in [2.75, 3.05) is 0 Å². The molecule has 1 N–H and O–H groups in total. The van der Waals surface area contributed by atoms with E-state index in [0.717, 1.165) is 10.4 Å². The van der Waals surface area contributed by atoms with Crippen molar-refractivity contribution in [2.24, 2.45) is 9.63 Å². The molecule has 7 heteroatoms. The van der Waals surface area contributed by atoms with Crippen molar-refractivity contribution >= 4 is 28.8 Å². The standard InChI is InChI=1S/C11H8N6S/c1-2-6-12-9(5-1)18-17-16-11-8-4-3-7-13-10(8)14-15-11/h1-7H,(H,13,14,15)/b17-16+. The van der Waals surface area contributed by atoms with Crippen LogP contribution in [0.4, 0.5) is 5.82 Å². The van der Waals surface area contributed by atoms with Gasteiger partial charge in [-0.3, -0.25) is 5.10 Å². The molecular weight excluding hydrogens is 248 g/mol. The molecule has 18 heavy (non-hydrogen) atoms. The Balaban J connectivity index is 1.80. The molecule has 3 aromatic rings. The molecule has 6 nitrogen and oxygen atoms in total. The van der Waals surface area contributed by atoms with E-state index < -0.39 is 0 Å². The van der Waals surface area contributed by atoms with Gasteiger partial charge in [0.25, 0.3) is 0 Å². The molecular formula is C11H8N6S. The van der Waals surface area contributed by atoms with Gasteiger partial charge in [0.2, 0.25) is 0 Å². The number of rotatable bonds is 3. The zero-order valence-corrected chi connectivity index (χ0v) is 10.0. The topological polar surface area (TPSA) is 79.2 Å². The first kappa shape index (κ1) is 10.8. The molecule has 0 aromatic carbocycles. The number of hydrogen-bond donors (Lipinski definition) is 1. The molecule has 0 amide bonds. The number of aromatic amines is 1. The van der Waals surface area contributed by atoms with Crippen molar-refractivity contribution in [2.45, 2.75) is 5.03 Å². The number of nitrogens with one attached hydrogen (secondary N) is 1. The highest BCUT2D eigenvalue weighted by Crippen LogP contribution is 2.24. The highest BCUT2D eigenvalue weighted by molar-refractivity contribution is 7.97. The van der Waals surface area contributed by atoms with Gasteiger partial charge in [-0.05, 0) is 24.3 Å². The maximum Gasteiger partial charge on any atom is 0.183 e. The fourth-order valence-corrected chi connectivity index (χ4v) is 1.87. The van der Waals surface area contributed by atoms with Crippen LogP contribution >= 0.6 is 11.9 Å². The first-order valence-corrected chi connectivity index (χ1v) is 5.99. The predicted molar refractivity (Wildman–Crippen MR) is 68.5 cm³/mol. The average Bonchev–Trinajstić information content (AvgIpc) is 2.84. The Morgan fingerprint density at radius 2 is 2.00 bits per heavy atom. The van der Waals surface area contributed by atoms with Crippen LogP contribution in [0.3, 0.4) is 0 Å². The third-order valence-electron chi connectivity index (χ3n) is 2.22. The molecule has 0 aliphatic rings. The van der Waals surface area contributed by atoms with Crippen molar-refractivity contribution in [1.29, 1.82) is 0 Å². The van der Waals surface area contributed by atoms with Gasteiger partial charge >= 0.3 is 0 Å². The molecule has 0 spiro atoms. The largest absolute Gasteiger partial charge is 0.257 e. The molecule has 3 heterocycles. The molecule has 3 aromatic heterocycles. The number of pyridine rings is 2. The van der Waals surface area contributed by atoms with E-state index in [1.165, 1.54) is 11.9 Å². The number of aromatic nitrogens is 4. The molecule has 0 fully saturated rings. The van der Waals surface area contributed by atoms with E-state index >= 15 is 0 Å². The SMILES string of the molecule is c1ccc(S/N=N/c2[nH]nc3ncccc23)nc1. The molecule has 0 unspecified atom stereocenters. The Kier molecular flexibility index (Phi) is 2.97. The fraction of sp³-hybridized carbons (Fsp3) is 0. The summed E-state index contributed by atoms with van der Waals surface area (Å²) in [6.45, 7) is 0. The number of fused-ring (bicyclic) bond motifs is 1. The summed E-state index contributed by atoms with van der Waals surface area (Å²) >= 11 is 1.21. The van der Waals surface area contributed by atoms with Crippen LogP contribution in [0.25, 0.3) is 11.0 Å². The molecule has 0 bridgehead atoms. The summed E-state index contributed by atoms with van der Waals surface area (Å²) in [4.78, 5) is 8.24. The van der Waals surface area contributed by atoms with Crippen LogP contribution < -0.4 is 0 Å². The van der Waals surface area contributed by atoms with E-state index in [1.807, 2.05) is 30.3 Å². The highest BCUT2D eigenvalue weighted by atomic mass is 32.2. The van der Waals surface area contributed by atoms with E-state index in [0.29, 0.717) is 11.5 Å². The Hall–Kier alpha value is -2.28. The van der Waals surface area contributed by atoms with Gasteiger partial charge in [0.15, 0.2) is 11.5 Å². The summed E-state index contributed by atoms with van der Waals surface area (Å²) < 4.78 is 4.01. The molecule has 3 rings (SSSR count). The van der Waals surface area contributed by atoms with Crippen molar-refractivity contribution in [3.63, 3.8) is 0 Å². The normalized spacial score (nSPS) is 11.3. The van der Waals surface area contributed by atoms with Crippen LogP contribution in [-0.2, 0) is 0 Å². The molecule has 0 radical (unpaired) electrons. The lowest BCUT2D eigenvalue weighted by Gasteiger charge is -1.90. The first-order valence-electron chi connectivity index (χ1n) is 5.22. The van der Waals surface area contributed by atoms with Gasteiger partial charge in [0, 0.05) is 12.4 Å². The molecule has 0 atom stereocenters. The van der Waals surface area contributed by atoms with Crippen LogP contribution in [0, 0.1) is 0 Å². The minimum atomic E-state index is 0.599. The summed E-state index contributed by atoms with van der Waals surface area (Å²) in [6.07, 6.45) is 3.40. The van der Waals surface area contributed by atoms with E-state index in [2.05, 4.69) is 29.8 Å². The van der Waals surface area contributed by atoms with Crippen molar-refractivity contribution in [3.05, 3.63) is 42.7 Å². The van der Waals surface area contributed by atoms with Gasteiger partial charge in [0.05, 0.1) is 17.3 Å². The second-order valence-electron chi connectivity index (χ2n) is 3.39. The Morgan fingerprint density at radius 1 is 1.06 bits per heavy atom. The van der Waals surface area contributed by atoms with E-state index in [-0.39, 0.29) is 0 Å². The monoisotopic (exact) mass is 256 g/mol. The lowest BCUT2D eigenvalue weighted by atomic mass is 10.3. The predicted octanol–water partition coefficient (Wildman–Crippen LogP) is 3.14. The number of nitrogens with zero attached hydrogens (tertiary/aromatic N) is 5. The Labute approximate surface area is 107 Å². The highest BCUT2D eigenvalue weighted by Gasteiger charge is 2.03. The Bertz CT molecular complexity index is 678. The molecule has 0 aliphatic heterocycles. The molecule has 0 saturated heterocycles. The third-order valence-corrected chi connectivity index (χ3v) is 2.81. The average molecular weight is 256 g/mol. The van der Waals surface area contributed by atoms with Gasteiger partial charge < -0.3 is 0 Å². The lowest BCUT2D eigenvalue weighted by Crippen LogP contribution is -1.72. The van der Waals surface area contributed by atoms with Crippen LogP contribution in [0.5, 0.6) is 0 Å². The quantitative estimate of drug-likeness (QED) is 0.576. The summed E-state index contributed by atoms with van der Waals surface area (Å²) in [5.41, 5.74) is 0.634. The van der Waals surface area contributed by atoms with Gasteiger partial charge in [-0.25, -0.2) is 9.97 Å². The second kappa shape index (κ2) is 4.92. The van der Waals surface area contributed by atoms with Gasteiger partial charge in [-0.1, -0.05) is 6.07 Å².